The molecule has 0 radical (unpaired) electrons. The first kappa shape index (κ1) is 48.8. The van der Waals surface area contributed by atoms with Crippen molar-refractivity contribution in [2.75, 3.05) is 0 Å². The second kappa shape index (κ2) is 25.1. The van der Waals surface area contributed by atoms with Gasteiger partial charge in [0.1, 0.15) is 11.5 Å². The molecule has 0 heterocycles. The highest BCUT2D eigenvalue weighted by Gasteiger charge is 2.19. The molecule has 0 aliphatic carbocycles. The van der Waals surface area contributed by atoms with E-state index in [1.807, 2.05) is 24.3 Å². The SMILES string of the molecule is CCCCCCCCCc1ccc(C(=O)Oc2ccc(C(=O)Oc3ccc4ccc(OC(=O)c5ccc(OC(=O)c6ccc(CCCCCCCCC)cc6)c(F)c5)cc4c3)cc2F)cc1. The molecule has 0 aliphatic rings. The first-order chi connectivity index (χ1) is 32.1. The van der Waals surface area contributed by atoms with E-state index in [4.69, 9.17) is 18.9 Å². The van der Waals surface area contributed by atoms with Gasteiger partial charge in [0.15, 0.2) is 23.1 Å². The Kier molecular flexibility index (Phi) is 18.6. The van der Waals surface area contributed by atoms with E-state index in [0.717, 1.165) is 54.3 Å². The molecule has 0 bridgehead atoms. The summed E-state index contributed by atoms with van der Waals surface area (Å²) in [6.45, 7) is 4.41. The van der Waals surface area contributed by atoms with Crippen molar-refractivity contribution in [3.8, 4) is 23.0 Å². The number of fused-ring (bicyclic) bond motifs is 1. The van der Waals surface area contributed by atoms with Crippen molar-refractivity contribution in [1.82, 2.24) is 0 Å². The maximum atomic E-state index is 15.1. The summed E-state index contributed by atoms with van der Waals surface area (Å²) in [5.41, 5.74) is 2.58. The Bertz CT molecular complexity index is 2390. The van der Waals surface area contributed by atoms with Gasteiger partial charge in [-0.3, -0.25) is 0 Å². The number of carbonyl (C=O) groups excluding carboxylic acids is 4. The van der Waals surface area contributed by atoms with E-state index in [1.54, 1.807) is 60.7 Å². The molecule has 6 aromatic rings. The van der Waals surface area contributed by atoms with Crippen LogP contribution in [-0.2, 0) is 12.8 Å². The van der Waals surface area contributed by atoms with Crippen LogP contribution in [0.1, 0.15) is 156 Å². The Morgan fingerprint density at radius 3 is 1.09 bits per heavy atom. The first-order valence-electron chi connectivity index (χ1n) is 23.3. The number of esters is 4. The third-order valence-corrected chi connectivity index (χ3v) is 11.5. The van der Waals surface area contributed by atoms with Gasteiger partial charge in [-0.2, -0.15) is 0 Å². The van der Waals surface area contributed by atoms with Crippen LogP contribution >= 0.6 is 0 Å². The number of aryl methyl sites for hydroxylation is 2. The van der Waals surface area contributed by atoms with Crippen molar-refractivity contribution in [1.29, 1.82) is 0 Å². The molecule has 8 nitrogen and oxygen atoms in total. The number of unbranched alkanes of at least 4 members (excludes halogenated alkanes) is 12. The average Bonchev–Trinajstić information content (AvgIpc) is 3.32. The molecule has 6 rings (SSSR count). The standard InChI is InChI=1S/C56H58F2O8/c1-3-5-7-9-11-13-15-17-39-19-23-42(24-20-39)53(59)65-51-33-29-44(37-49(51)57)55(61)63-47-31-27-41-28-32-48(36-46(41)35-47)64-56(62)45-30-34-52(50(58)38-45)66-54(60)43-25-21-40(22-26-43)18-16-14-12-10-8-6-4-2/h19-38H,3-18H2,1-2H3. The topological polar surface area (TPSA) is 105 Å². The van der Waals surface area contributed by atoms with Crippen molar-refractivity contribution in [2.24, 2.45) is 0 Å². The monoisotopic (exact) mass is 896 g/mol. The van der Waals surface area contributed by atoms with Crippen LogP contribution in [0.3, 0.4) is 0 Å². The molecule has 0 fully saturated rings. The van der Waals surface area contributed by atoms with Gasteiger partial charge in [-0.15, -0.1) is 0 Å². The van der Waals surface area contributed by atoms with Crippen LogP contribution in [0.15, 0.2) is 121 Å². The van der Waals surface area contributed by atoms with Crippen LogP contribution in [0.25, 0.3) is 10.8 Å². The number of hydrogen-bond acceptors (Lipinski definition) is 8. The molecule has 0 spiro atoms. The lowest BCUT2D eigenvalue weighted by molar-refractivity contribution is 0.0714. The molecule has 6 aromatic carbocycles. The summed E-state index contributed by atoms with van der Waals surface area (Å²) in [5.74, 6) is -5.37. The van der Waals surface area contributed by atoms with Gasteiger partial charge in [-0.25, -0.2) is 28.0 Å². The number of benzene rings is 6. The van der Waals surface area contributed by atoms with E-state index in [2.05, 4.69) is 13.8 Å². The predicted octanol–water partition coefficient (Wildman–Crippen LogP) is 14.6. The summed E-state index contributed by atoms with van der Waals surface area (Å²) in [6.07, 6.45) is 18.9. The Balaban J connectivity index is 0.978. The van der Waals surface area contributed by atoms with E-state index >= 15 is 8.78 Å². The van der Waals surface area contributed by atoms with Crippen molar-refractivity contribution >= 4 is 34.6 Å². The fourth-order valence-corrected chi connectivity index (χ4v) is 7.59. The van der Waals surface area contributed by atoms with E-state index < -0.39 is 35.5 Å². The van der Waals surface area contributed by atoms with Crippen LogP contribution in [0.2, 0.25) is 0 Å². The second-order valence-corrected chi connectivity index (χ2v) is 16.7. The molecule has 0 aliphatic heterocycles. The predicted molar refractivity (Wildman–Crippen MR) is 253 cm³/mol. The number of rotatable bonds is 24. The largest absolute Gasteiger partial charge is 0.423 e. The number of carbonyl (C=O) groups is 4. The Morgan fingerprint density at radius 1 is 0.364 bits per heavy atom. The highest BCUT2D eigenvalue weighted by atomic mass is 19.1. The van der Waals surface area contributed by atoms with Gasteiger partial charge in [-0.05, 0) is 133 Å². The Labute approximate surface area is 386 Å². The first-order valence-corrected chi connectivity index (χ1v) is 23.3. The number of halogens is 2. The highest BCUT2D eigenvalue weighted by Crippen LogP contribution is 2.28. The average molecular weight is 897 g/mol. The van der Waals surface area contributed by atoms with Crippen molar-refractivity contribution in [3.63, 3.8) is 0 Å². The fourth-order valence-electron chi connectivity index (χ4n) is 7.59. The van der Waals surface area contributed by atoms with E-state index in [9.17, 15) is 19.2 Å². The van der Waals surface area contributed by atoms with E-state index in [-0.39, 0.29) is 45.3 Å². The molecular formula is C56H58F2O8. The van der Waals surface area contributed by atoms with Gasteiger partial charge >= 0.3 is 23.9 Å². The van der Waals surface area contributed by atoms with Gasteiger partial charge in [-0.1, -0.05) is 127 Å². The van der Waals surface area contributed by atoms with Crippen molar-refractivity contribution in [2.45, 2.75) is 117 Å². The summed E-state index contributed by atoms with van der Waals surface area (Å²) in [7, 11) is 0. The third-order valence-electron chi connectivity index (χ3n) is 11.5. The molecule has 0 aromatic heterocycles. The molecule has 66 heavy (non-hydrogen) atoms. The maximum Gasteiger partial charge on any atom is 0.343 e. The summed E-state index contributed by atoms with van der Waals surface area (Å²) in [5, 5.41) is 1.28. The third kappa shape index (κ3) is 14.7. The van der Waals surface area contributed by atoms with Crippen LogP contribution in [-0.4, -0.2) is 23.9 Å². The smallest absolute Gasteiger partial charge is 0.343 e. The zero-order valence-corrected chi connectivity index (χ0v) is 37.9. The molecular weight excluding hydrogens is 839 g/mol. The molecule has 0 saturated carbocycles. The molecule has 0 saturated heterocycles. The molecule has 0 amide bonds. The van der Waals surface area contributed by atoms with Crippen LogP contribution < -0.4 is 18.9 Å². The summed E-state index contributed by atoms with van der Waals surface area (Å²) >= 11 is 0. The molecule has 0 atom stereocenters. The summed E-state index contributed by atoms with van der Waals surface area (Å²) < 4.78 is 51.9. The van der Waals surface area contributed by atoms with Gasteiger partial charge in [0.25, 0.3) is 0 Å². The highest BCUT2D eigenvalue weighted by molar-refractivity contribution is 5.95. The van der Waals surface area contributed by atoms with Crippen LogP contribution in [0.5, 0.6) is 23.0 Å². The molecule has 0 unspecified atom stereocenters. The minimum Gasteiger partial charge on any atom is -0.423 e. The summed E-state index contributed by atoms with van der Waals surface area (Å²) in [4.78, 5) is 51.7. The lowest BCUT2D eigenvalue weighted by Crippen LogP contribution is -2.12. The minimum absolute atomic E-state index is 0.110. The number of hydrogen-bond donors (Lipinski definition) is 0. The normalized spacial score (nSPS) is 11.0. The summed E-state index contributed by atoms with van der Waals surface area (Å²) in [6, 6.07) is 30.6. The zero-order chi connectivity index (χ0) is 46.7. The Morgan fingerprint density at radius 2 is 0.712 bits per heavy atom. The lowest BCUT2D eigenvalue weighted by atomic mass is 10.0. The lowest BCUT2D eigenvalue weighted by Gasteiger charge is -2.10. The van der Waals surface area contributed by atoms with Gasteiger partial charge in [0, 0.05) is 0 Å². The quantitative estimate of drug-likeness (QED) is 0.0336. The van der Waals surface area contributed by atoms with Crippen LogP contribution in [0, 0.1) is 11.6 Å². The molecule has 10 heteroatoms. The number of ether oxygens (including phenoxy) is 4. The zero-order valence-electron chi connectivity index (χ0n) is 37.9. The van der Waals surface area contributed by atoms with Gasteiger partial charge in [0.05, 0.1) is 22.3 Å². The van der Waals surface area contributed by atoms with Gasteiger partial charge in [0.2, 0.25) is 0 Å². The van der Waals surface area contributed by atoms with Gasteiger partial charge < -0.3 is 18.9 Å². The van der Waals surface area contributed by atoms with E-state index in [0.29, 0.717) is 5.39 Å². The Hall–Kier alpha value is -6.68. The van der Waals surface area contributed by atoms with Crippen molar-refractivity contribution in [3.05, 3.63) is 166 Å². The molecule has 344 valence electrons. The second-order valence-electron chi connectivity index (χ2n) is 16.7. The molecule has 0 N–H and O–H groups in total. The van der Waals surface area contributed by atoms with Crippen molar-refractivity contribution < 1.29 is 46.9 Å². The fraction of sp³-hybridized carbons (Fsp3) is 0.321. The minimum atomic E-state index is -0.913. The van der Waals surface area contributed by atoms with E-state index in [1.165, 1.54) is 101 Å². The van der Waals surface area contributed by atoms with Crippen LogP contribution in [0.4, 0.5) is 8.78 Å². The maximum absolute atomic E-state index is 15.1.